The van der Waals surface area contributed by atoms with Crippen molar-refractivity contribution in [3.05, 3.63) is 45.6 Å². The van der Waals surface area contributed by atoms with Crippen LogP contribution in [0, 0.1) is 19.8 Å². The first-order chi connectivity index (χ1) is 10.5. The van der Waals surface area contributed by atoms with Gasteiger partial charge in [-0.15, -0.1) is 11.3 Å². The highest BCUT2D eigenvalue weighted by Crippen LogP contribution is 2.30. The molecule has 1 saturated carbocycles. The molecule has 2 amide bonds. The SMILES string of the molecule is Cc1cc(C(=O)Nc2cccc(NC(=O)C3CC3)c2)c(C)s1. The van der Waals surface area contributed by atoms with Crippen molar-refractivity contribution < 1.29 is 9.59 Å². The maximum absolute atomic E-state index is 12.3. The van der Waals surface area contributed by atoms with Crippen LogP contribution in [-0.4, -0.2) is 11.8 Å². The lowest BCUT2D eigenvalue weighted by atomic mass is 10.2. The maximum Gasteiger partial charge on any atom is 0.256 e. The molecule has 0 spiro atoms. The molecular weight excluding hydrogens is 296 g/mol. The Hall–Kier alpha value is -2.14. The second kappa shape index (κ2) is 5.93. The van der Waals surface area contributed by atoms with Crippen molar-refractivity contribution in [2.45, 2.75) is 26.7 Å². The highest BCUT2D eigenvalue weighted by atomic mass is 32.1. The van der Waals surface area contributed by atoms with Crippen LogP contribution in [0.1, 0.15) is 33.0 Å². The molecule has 2 N–H and O–H groups in total. The number of amides is 2. The van der Waals surface area contributed by atoms with Crippen molar-refractivity contribution >= 4 is 34.5 Å². The zero-order valence-electron chi connectivity index (χ0n) is 12.6. The predicted octanol–water partition coefficient (Wildman–Crippen LogP) is 3.97. The van der Waals surface area contributed by atoms with E-state index in [-0.39, 0.29) is 17.7 Å². The Morgan fingerprint density at radius 3 is 2.36 bits per heavy atom. The smallest absolute Gasteiger partial charge is 0.256 e. The third-order valence-electron chi connectivity index (χ3n) is 3.62. The topological polar surface area (TPSA) is 58.2 Å². The summed E-state index contributed by atoms with van der Waals surface area (Å²) in [7, 11) is 0. The second-order valence-corrected chi connectivity index (χ2v) is 7.09. The van der Waals surface area contributed by atoms with Gasteiger partial charge in [0.1, 0.15) is 0 Å². The van der Waals surface area contributed by atoms with Crippen LogP contribution >= 0.6 is 11.3 Å². The van der Waals surface area contributed by atoms with Crippen LogP contribution in [0.25, 0.3) is 0 Å². The molecule has 5 heteroatoms. The van der Waals surface area contributed by atoms with Gasteiger partial charge in [0.2, 0.25) is 5.91 Å². The molecule has 0 atom stereocenters. The van der Waals surface area contributed by atoms with Gasteiger partial charge in [0.05, 0.1) is 5.56 Å². The first kappa shape index (κ1) is 14.8. The van der Waals surface area contributed by atoms with E-state index >= 15 is 0 Å². The third-order valence-corrected chi connectivity index (χ3v) is 4.59. The highest BCUT2D eigenvalue weighted by Gasteiger charge is 2.29. The largest absolute Gasteiger partial charge is 0.326 e. The van der Waals surface area contributed by atoms with Crippen LogP contribution in [0.2, 0.25) is 0 Å². The average molecular weight is 314 g/mol. The summed E-state index contributed by atoms with van der Waals surface area (Å²) >= 11 is 1.61. The molecule has 0 radical (unpaired) electrons. The van der Waals surface area contributed by atoms with E-state index in [4.69, 9.17) is 0 Å². The number of hydrogen-bond acceptors (Lipinski definition) is 3. The molecule has 2 aromatic rings. The molecule has 22 heavy (non-hydrogen) atoms. The predicted molar refractivity (Wildman–Crippen MR) is 89.5 cm³/mol. The number of hydrogen-bond donors (Lipinski definition) is 2. The van der Waals surface area contributed by atoms with E-state index in [1.807, 2.05) is 38.1 Å². The first-order valence-corrected chi connectivity index (χ1v) is 8.14. The summed E-state index contributed by atoms with van der Waals surface area (Å²) in [6, 6.07) is 9.15. The molecule has 0 aliphatic heterocycles. The minimum atomic E-state index is -0.118. The number of aryl methyl sites for hydroxylation is 2. The molecule has 4 nitrogen and oxygen atoms in total. The van der Waals surface area contributed by atoms with Gasteiger partial charge in [-0.05, 0) is 51.0 Å². The van der Waals surface area contributed by atoms with Crippen LogP contribution in [0.3, 0.4) is 0 Å². The van der Waals surface area contributed by atoms with Gasteiger partial charge in [-0.1, -0.05) is 6.07 Å². The number of nitrogens with one attached hydrogen (secondary N) is 2. The van der Waals surface area contributed by atoms with Crippen LogP contribution in [0.4, 0.5) is 11.4 Å². The Bertz CT molecular complexity index is 732. The zero-order chi connectivity index (χ0) is 15.7. The lowest BCUT2D eigenvalue weighted by Gasteiger charge is -2.08. The quantitative estimate of drug-likeness (QED) is 0.897. The highest BCUT2D eigenvalue weighted by molar-refractivity contribution is 7.12. The van der Waals surface area contributed by atoms with Gasteiger partial charge >= 0.3 is 0 Å². The fourth-order valence-electron chi connectivity index (χ4n) is 2.32. The molecule has 3 rings (SSSR count). The molecule has 1 aromatic heterocycles. The lowest BCUT2D eigenvalue weighted by molar-refractivity contribution is -0.117. The minimum Gasteiger partial charge on any atom is -0.326 e. The summed E-state index contributed by atoms with van der Waals surface area (Å²) in [4.78, 5) is 26.2. The van der Waals surface area contributed by atoms with Crippen molar-refractivity contribution in [2.24, 2.45) is 5.92 Å². The first-order valence-electron chi connectivity index (χ1n) is 7.32. The molecular formula is C17H18N2O2S. The Labute approximate surface area is 133 Å². The Kier molecular flexibility index (Phi) is 3.98. The van der Waals surface area contributed by atoms with Gasteiger partial charge in [0.15, 0.2) is 0 Å². The molecule has 0 unspecified atom stereocenters. The molecule has 0 bridgehead atoms. The summed E-state index contributed by atoms with van der Waals surface area (Å²) in [5.41, 5.74) is 2.10. The standard InChI is InChI=1S/C17H18N2O2S/c1-10-8-15(11(2)22-10)17(21)19-14-5-3-4-13(9-14)18-16(20)12-6-7-12/h3-5,8-9,12H,6-7H2,1-2H3,(H,18,20)(H,19,21). The summed E-state index contributed by atoms with van der Waals surface area (Å²) in [6.45, 7) is 3.93. The van der Waals surface area contributed by atoms with Crippen LogP contribution in [0.15, 0.2) is 30.3 Å². The number of benzene rings is 1. The molecule has 1 aliphatic rings. The van der Waals surface area contributed by atoms with Gasteiger partial charge in [0, 0.05) is 27.0 Å². The Morgan fingerprint density at radius 1 is 1.09 bits per heavy atom. The second-order valence-electron chi connectivity index (χ2n) is 5.63. The normalized spacial score (nSPS) is 13.7. The zero-order valence-corrected chi connectivity index (χ0v) is 13.4. The summed E-state index contributed by atoms with van der Waals surface area (Å²) in [6.07, 6.45) is 1.94. The van der Waals surface area contributed by atoms with E-state index < -0.39 is 0 Å². The number of anilines is 2. The van der Waals surface area contributed by atoms with Crippen molar-refractivity contribution in [2.75, 3.05) is 10.6 Å². The number of thiophene rings is 1. The fraction of sp³-hybridized carbons (Fsp3) is 0.294. The number of carbonyl (C=O) groups excluding carboxylic acids is 2. The molecule has 1 fully saturated rings. The van der Waals surface area contributed by atoms with E-state index in [1.54, 1.807) is 17.4 Å². The summed E-state index contributed by atoms with van der Waals surface area (Å²) in [5.74, 6) is 0.106. The van der Waals surface area contributed by atoms with E-state index in [1.165, 1.54) is 0 Å². The van der Waals surface area contributed by atoms with E-state index in [2.05, 4.69) is 10.6 Å². The van der Waals surface area contributed by atoms with Crippen molar-refractivity contribution in [3.63, 3.8) is 0 Å². The van der Waals surface area contributed by atoms with Gasteiger partial charge in [-0.2, -0.15) is 0 Å². The lowest BCUT2D eigenvalue weighted by Crippen LogP contribution is -2.14. The molecule has 0 saturated heterocycles. The van der Waals surface area contributed by atoms with Crippen LogP contribution in [0.5, 0.6) is 0 Å². The monoisotopic (exact) mass is 314 g/mol. The molecule has 1 aromatic carbocycles. The maximum atomic E-state index is 12.3. The van der Waals surface area contributed by atoms with Crippen molar-refractivity contribution in [3.8, 4) is 0 Å². The van der Waals surface area contributed by atoms with E-state index in [9.17, 15) is 9.59 Å². The van der Waals surface area contributed by atoms with Crippen LogP contribution in [-0.2, 0) is 4.79 Å². The Balaban J connectivity index is 1.70. The molecule has 114 valence electrons. The van der Waals surface area contributed by atoms with Gasteiger partial charge in [0.25, 0.3) is 5.91 Å². The van der Waals surface area contributed by atoms with E-state index in [0.29, 0.717) is 16.9 Å². The summed E-state index contributed by atoms with van der Waals surface area (Å²) < 4.78 is 0. The average Bonchev–Trinajstić information content (AvgIpc) is 3.24. The van der Waals surface area contributed by atoms with Gasteiger partial charge in [-0.3, -0.25) is 9.59 Å². The summed E-state index contributed by atoms with van der Waals surface area (Å²) in [5, 5.41) is 5.77. The third kappa shape index (κ3) is 3.36. The van der Waals surface area contributed by atoms with E-state index in [0.717, 1.165) is 22.6 Å². The van der Waals surface area contributed by atoms with Gasteiger partial charge < -0.3 is 10.6 Å². The Morgan fingerprint density at radius 2 is 1.77 bits per heavy atom. The molecule has 1 heterocycles. The molecule has 1 aliphatic carbocycles. The van der Waals surface area contributed by atoms with Gasteiger partial charge in [-0.25, -0.2) is 0 Å². The fourth-order valence-corrected chi connectivity index (χ4v) is 3.24. The van der Waals surface area contributed by atoms with Crippen LogP contribution < -0.4 is 10.6 Å². The van der Waals surface area contributed by atoms with Crippen molar-refractivity contribution in [1.82, 2.24) is 0 Å². The minimum absolute atomic E-state index is 0.0628. The van der Waals surface area contributed by atoms with Crippen molar-refractivity contribution in [1.29, 1.82) is 0 Å². The number of carbonyl (C=O) groups is 2. The number of rotatable bonds is 4.